The van der Waals surface area contributed by atoms with Gasteiger partial charge >= 0.3 is 0 Å². The van der Waals surface area contributed by atoms with Crippen molar-refractivity contribution in [2.45, 2.75) is 13.3 Å². The van der Waals surface area contributed by atoms with Gasteiger partial charge < -0.3 is 4.90 Å². The number of nitrogens with zero attached hydrogens (tertiary/aromatic N) is 2. The number of likely N-dealkylation sites (tertiary alicyclic amines) is 1. The number of hydrogen-bond acceptors (Lipinski definition) is 3. The number of amides is 3. The molecule has 1 aromatic carbocycles. The quantitative estimate of drug-likeness (QED) is 0.611. The first-order chi connectivity index (χ1) is 12.4. The average molecular weight is 360 g/mol. The number of hydrogen-bond donors (Lipinski definition) is 0. The third-order valence-electron chi connectivity index (χ3n) is 5.69. The topological polar surface area (TPSA) is 57.7 Å². The summed E-state index contributed by atoms with van der Waals surface area (Å²) in [5.41, 5.74) is 0.192. The van der Waals surface area contributed by atoms with Gasteiger partial charge in [-0.25, -0.2) is 8.78 Å². The van der Waals surface area contributed by atoms with Crippen molar-refractivity contribution < 1.29 is 23.2 Å². The van der Waals surface area contributed by atoms with Crippen LogP contribution in [0, 0.1) is 35.3 Å². The lowest BCUT2D eigenvalue weighted by Gasteiger charge is -2.24. The van der Waals surface area contributed by atoms with Crippen molar-refractivity contribution in [3.05, 3.63) is 42.0 Å². The van der Waals surface area contributed by atoms with Crippen LogP contribution in [0.15, 0.2) is 30.4 Å². The highest BCUT2D eigenvalue weighted by Crippen LogP contribution is 2.52. The van der Waals surface area contributed by atoms with Crippen molar-refractivity contribution in [1.29, 1.82) is 0 Å². The van der Waals surface area contributed by atoms with Gasteiger partial charge in [-0.2, -0.15) is 0 Å². The number of carbonyl (C=O) groups is 3. The number of allylic oxidation sites excluding steroid dienone is 2. The van der Waals surface area contributed by atoms with E-state index in [4.69, 9.17) is 0 Å². The molecule has 1 saturated carbocycles. The Hall–Kier alpha value is -2.57. The van der Waals surface area contributed by atoms with Crippen LogP contribution in [0.1, 0.15) is 13.3 Å². The Morgan fingerprint density at radius 2 is 1.73 bits per heavy atom. The molecule has 2 aliphatic carbocycles. The minimum absolute atomic E-state index is 0.0787. The van der Waals surface area contributed by atoms with Crippen molar-refractivity contribution in [2.75, 3.05) is 18.0 Å². The number of carbonyl (C=O) groups excluding carboxylic acids is 3. The Labute approximate surface area is 149 Å². The molecule has 1 aliphatic heterocycles. The summed E-state index contributed by atoms with van der Waals surface area (Å²) in [6.07, 6.45) is 4.80. The zero-order chi connectivity index (χ0) is 18.6. The predicted molar refractivity (Wildman–Crippen MR) is 88.8 cm³/mol. The van der Waals surface area contributed by atoms with Gasteiger partial charge in [-0.05, 0) is 37.3 Å². The van der Waals surface area contributed by atoms with E-state index in [1.54, 1.807) is 6.92 Å². The van der Waals surface area contributed by atoms with Gasteiger partial charge in [0.15, 0.2) is 11.6 Å². The fraction of sp³-hybridized carbons (Fsp3) is 0.421. The molecule has 2 bridgehead atoms. The lowest BCUT2D eigenvalue weighted by Crippen LogP contribution is -2.44. The first-order valence-electron chi connectivity index (χ1n) is 8.71. The van der Waals surface area contributed by atoms with Crippen molar-refractivity contribution in [1.82, 2.24) is 4.90 Å². The van der Waals surface area contributed by atoms with Crippen LogP contribution in [0.3, 0.4) is 0 Å². The van der Waals surface area contributed by atoms with E-state index >= 15 is 0 Å². The molecule has 136 valence electrons. The minimum Gasteiger partial charge on any atom is -0.311 e. The Balaban J connectivity index is 1.53. The van der Waals surface area contributed by atoms with Gasteiger partial charge in [0.1, 0.15) is 6.54 Å². The second-order valence-corrected chi connectivity index (χ2v) is 7.00. The van der Waals surface area contributed by atoms with Gasteiger partial charge in [-0.3, -0.25) is 19.3 Å². The van der Waals surface area contributed by atoms with Crippen molar-refractivity contribution in [2.24, 2.45) is 23.7 Å². The molecule has 2 fully saturated rings. The molecule has 1 heterocycles. The highest BCUT2D eigenvalue weighted by Gasteiger charge is 2.59. The molecule has 0 aromatic heterocycles. The van der Waals surface area contributed by atoms with Crippen LogP contribution in [-0.2, 0) is 14.4 Å². The molecular formula is C19H18F2N2O3. The number of halogens is 2. The van der Waals surface area contributed by atoms with Gasteiger partial charge in [0.25, 0.3) is 0 Å². The molecule has 0 N–H and O–H groups in total. The number of likely N-dealkylation sites (N-methyl/N-ethyl adjacent to an activating group) is 1. The van der Waals surface area contributed by atoms with E-state index in [-0.39, 0.29) is 54.3 Å². The molecule has 5 nitrogen and oxygen atoms in total. The molecule has 0 radical (unpaired) electrons. The van der Waals surface area contributed by atoms with Crippen molar-refractivity contribution >= 4 is 23.4 Å². The van der Waals surface area contributed by atoms with Gasteiger partial charge in [0, 0.05) is 18.3 Å². The Bertz CT molecular complexity index is 808. The summed E-state index contributed by atoms with van der Waals surface area (Å²) >= 11 is 0. The second kappa shape index (κ2) is 6.00. The van der Waals surface area contributed by atoms with E-state index in [9.17, 15) is 23.2 Å². The van der Waals surface area contributed by atoms with Gasteiger partial charge in [0.05, 0.1) is 11.8 Å². The maximum Gasteiger partial charge on any atom is 0.247 e. The molecule has 26 heavy (non-hydrogen) atoms. The van der Waals surface area contributed by atoms with E-state index < -0.39 is 17.5 Å². The second-order valence-electron chi connectivity index (χ2n) is 7.00. The largest absolute Gasteiger partial charge is 0.311 e. The van der Waals surface area contributed by atoms with Crippen LogP contribution in [0.4, 0.5) is 14.5 Å². The molecule has 1 aromatic rings. The molecule has 4 rings (SSSR count). The Kier molecular flexibility index (Phi) is 3.89. The molecule has 3 amide bonds. The monoisotopic (exact) mass is 360 g/mol. The highest BCUT2D eigenvalue weighted by atomic mass is 19.2. The van der Waals surface area contributed by atoms with Crippen LogP contribution < -0.4 is 4.90 Å². The van der Waals surface area contributed by atoms with Gasteiger partial charge in [-0.15, -0.1) is 0 Å². The first kappa shape index (κ1) is 16.9. The van der Waals surface area contributed by atoms with E-state index in [1.165, 1.54) is 11.0 Å². The van der Waals surface area contributed by atoms with E-state index in [1.807, 2.05) is 12.2 Å². The van der Waals surface area contributed by atoms with Crippen LogP contribution in [0.25, 0.3) is 0 Å². The van der Waals surface area contributed by atoms with Crippen LogP contribution in [0.2, 0.25) is 0 Å². The maximum absolute atomic E-state index is 13.5. The smallest absolute Gasteiger partial charge is 0.247 e. The number of rotatable bonds is 4. The summed E-state index contributed by atoms with van der Waals surface area (Å²) < 4.78 is 26.6. The van der Waals surface area contributed by atoms with E-state index in [2.05, 4.69) is 0 Å². The number of anilines is 1. The van der Waals surface area contributed by atoms with Crippen LogP contribution in [-0.4, -0.2) is 35.7 Å². The molecular weight excluding hydrogens is 342 g/mol. The van der Waals surface area contributed by atoms with Crippen molar-refractivity contribution in [3.63, 3.8) is 0 Å². The fourth-order valence-corrected chi connectivity index (χ4v) is 4.50. The lowest BCUT2D eigenvalue weighted by molar-refractivity contribution is -0.143. The standard InChI is InChI=1S/C19H18F2N2O3/c1-2-22(12-5-6-13(20)14(21)8-12)15(24)9-23-18(25)16-10-3-4-11(7-10)17(16)19(23)26/h3-6,8,10-11,16-17H,2,7,9H2,1H3. The molecule has 4 atom stereocenters. The molecule has 1 saturated heterocycles. The summed E-state index contributed by atoms with van der Waals surface area (Å²) in [6.45, 7) is 1.52. The maximum atomic E-state index is 13.5. The SMILES string of the molecule is CCN(C(=O)CN1C(=O)C2C3C=CC(C3)C2C1=O)c1ccc(F)c(F)c1. The lowest BCUT2D eigenvalue weighted by atomic mass is 9.85. The molecule has 4 unspecified atom stereocenters. The van der Waals surface area contributed by atoms with E-state index in [0.29, 0.717) is 0 Å². The zero-order valence-electron chi connectivity index (χ0n) is 14.2. The highest BCUT2D eigenvalue weighted by molar-refractivity contribution is 6.10. The van der Waals surface area contributed by atoms with Crippen molar-refractivity contribution in [3.8, 4) is 0 Å². The summed E-state index contributed by atoms with van der Waals surface area (Å²) in [4.78, 5) is 40.3. The predicted octanol–water partition coefficient (Wildman–Crippen LogP) is 2.12. The number of benzene rings is 1. The third-order valence-corrected chi connectivity index (χ3v) is 5.69. The Morgan fingerprint density at radius 1 is 1.12 bits per heavy atom. The molecule has 0 spiro atoms. The van der Waals surface area contributed by atoms with Crippen LogP contribution in [0.5, 0.6) is 0 Å². The third kappa shape index (κ3) is 2.37. The average Bonchev–Trinajstić information content (AvgIpc) is 3.29. The zero-order valence-corrected chi connectivity index (χ0v) is 14.2. The Morgan fingerprint density at radius 3 is 2.27 bits per heavy atom. The van der Waals surface area contributed by atoms with Crippen LogP contribution >= 0.6 is 0 Å². The van der Waals surface area contributed by atoms with Gasteiger partial charge in [-0.1, -0.05) is 12.2 Å². The first-order valence-corrected chi connectivity index (χ1v) is 8.71. The van der Waals surface area contributed by atoms with E-state index in [0.717, 1.165) is 23.5 Å². The van der Waals surface area contributed by atoms with Gasteiger partial charge in [0.2, 0.25) is 17.7 Å². The summed E-state index contributed by atoms with van der Waals surface area (Å²) in [5.74, 6) is -3.71. The normalized spacial score (nSPS) is 28.8. The summed E-state index contributed by atoms with van der Waals surface area (Å²) in [7, 11) is 0. The summed E-state index contributed by atoms with van der Waals surface area (Å²) in [5, 5.41) is 0. The number of imide groups is 1. The number of fused-ring (bicyclic) bond motifs is 5. The minimum atomic E-state index is -1.06. The summed E-state index contributed by atoms with van der Waals surface area (Å²) in [6, 6.07) is 3.18. The fourth-order valence-electron chi connectivity index (χ4n) is 4.50. The molecule has 7 heteroatoms. The molecule has 3 aliphatic rings.